The molecule has 40 heavy (non-hydrogen) atoms. The summed E-state index contributed by atoms with van der Waals surface area (Å²) in [5, 5.41) is 5.73. The summed E-state index contributed by atoms with van der Waals surface area (Å²) < 4.78 is 21.7. The van der Waals surface area contributed by atoms with E-state index in [9.17, 15) is 9.18 Å². The van der Waals surface area contributed by atoms with Crippen molar-refractivity contribution in [3.63, 3.8) is 0 Å². The maximum Gasteiger partial charge on any atom is 0.410 e. The molecule has 0 bridgehead atoms. The van der Waals surface area contributed by atoms with E-state index in [2.05, 4.69) is 27.8 Å². The van der Waals surface area contributed by atoms with Crippen molar-refractivity contribution in [2.45, 2.75) is 47.1 Å². The highest BCUT2D eigenvalue weighted by molar-refractivity contribution is 9.11. The Bertz CT molecular complexity index is 1490. The Morgan fingerprint density at radius 3 is 2.40 bits per heavy atom. The van der Waals surface area contributed by atoms with Crippen LogP contribution in [0.1, 0.15) is 40.8 Å². The molecule has 0 atom stereocenters. The van der Waals surface area contributed by atoms with Gasteiger partial charge in [-0.05, 0) is 79.5 Å². The maximum absolute atomic E-state index is 13.5. The van der Waals surface area contributed by atoms with E-state index in [0.29, 0.717) is 26.2 Å². The highest BCUT2D eigenvalue weighted by Gasteiger charge is 2.27. The van der Waals surface area contributed by atoms with E-state index in [0.717, 1.165) is 49.6 Å². The number of imidazole rings is 1. The van der Waals surface area contributed by atoms with Crippen molar-refractivity contribution in [2.24, 2.45) is 0 Å². The molecule has 0 aliphatic carbocycles. The largest absolute Gasteiger partial charge is 0.444 e. The molecule has 0 saturated carbocycles. The zero-order valence-corrected chi connectivity index (χ0v) is 25.0. The molecule has 4 aromatic rings. The van der Waals surface area contributed by atoms with E-state index in [1.54, 1.807) is 17.0 Å². The number of anilines is 3. The summed E-state index contributed by atoms with van der Waals surface area (Å²) in [4.78, 5) is 28.1. The standard InChI is InChI=1S/C27H31BrFN7O2S.CH4/c1-6-19-24(33(5)25-31-22(23(28)39-25)17-7-9-18(29)10-8-17)36-20(30-19)11-12-21(32-36)34-13-15-35(16-14-34)26(37)38-27(2,3)4;/h7-12H,6,13-16H2,1-5H3;1H4. The third-order valence-corrected chi connectivity index (χ3v) is 8.18. The van der Waals surface area contributed by atoms with Gasteiger partial charge in [0.25, 0.3) is 0 Å². The van der Waals surface area contributed by atoms with E-state index in [4.69, 9.17) is 19.8 Å². The fourth-order valence-corrected chi connectivity index (χ4v) is 5.99. The number of benzene rings is 1. The average Bonchev–Trinajstić information content (AvgIpc) is 3.48. The normalized spacial score (nSPS) is 13.9. The number of aromatic nitrogens is 4. The van der Waals surface area contributed by atoms with Crippen LogP contribution >= 0.6 is 27.3 Å². The first kappa shape index (κ1) is 29.7. The van der Waals surface area contributed by atoms with E-state index >= 15 is 0 Å². The molecule has 0 spiro atoms. The van der Waals surface area contributed by atoms with Crippen LogP contribution in [0.4, 0.5) is 26.0 Å². The second kappa shape index (κ2) is 11.7. The molecule has 1 fully saturated rings. The Hall–Kier alpha value is -3.25. The molecule has 12 heteroatoms. The van der Waals surface area contributed by atoms with Crippen molar-refractivity contribution >= 4 is 55.8 Å². The van der Waals surface area contributed by atoms with Crippen molar-refractivity contribution in [1.29, 1.82) is 0 Å². The summed E-state index contributed by atoms with van der Waals surface area (Å²) in [7, 11) is 1.95. The van der Waals surface area contributed by atoms with Crippen molar-refractivity contribution in [1.82, 2.24) is 24.5 Å². The minimum atomic E-state index is -0.519. The number of ether oxygens (including phenoxy) is 1. The average molecular weight is 633 g/mol. The van der Waals surface area contributed by atoms with Crippen molar-refractivity contribution in [2.75, 3.05) is 43.0 Å². The molecule has 1 aliphatic heterocycles. The lowest BCUT2D eigenvalue weighted by Gasteiger charge is -2.36. The molecule has 5 rings (SSSR count). The summed E-state index contributed by atoms with van der Waals surface area (Å²) >= 11 is 5.13. The van der Waals surface area contributed by atoms with Crippen LogP contribution in [0, 0.1) is 5.82 Å². The van der Waals surface area contributed by atoms with Gasteiger partial charge in [0.05, 0.1) is 15.2 Å². The number of nitrogens with zero attached hydrogens (tertiary/aromatic N) is 7. The van der Waals surface area contributed by atoms with Crippen LogP contribution in [0.15, 0.2) is 40.2 Å². The molecule has 1 saturated heterocycles. The molecule has 1 aliphatic rings. The molecular weight excluding hydrogens is 597 g/mol. The predicted molar refractivity (Wildman–Crippen MR) is 162 cm³/mol. The molecule has 3 aromatic heterocycles. The Morgan fingerprint density at radius 1 is 1.10 bits per heavy atom. The van der Waals surface area contributed by atoms with Crippen LogP contribution in [-0.2, 0) is 11.2 Å². The smallest absolute Gasteiger partial charge is 0.410 e. The summed E-state index contributed by atoms with van der Waals surface area (Å²) in [6, 6.07) is 10.3. The van der Waals surface area contributed by atoms with E-state index in [1.165, 1.54) is 23.5 Å². The SMILES string of the molecule is C.CCc1nc2ccc(N3CCN(C(=O)OC(C)(C)C)CC3)nn2c1N(C)c1nc(-c2ccc(F)cc2)c(Br)s1. The first-order chi connectivity index (χ1) is 18.5. The zero-order valence-electron chi connectivity index (χ0n) is 22.6. The van der Waals surface area contributed by atoms with E-state index in [-0.39, 0.29) is 19.3 Å². The van der Waals surface area contributed by atoms with Crippen molar-refractivity contribution < 1.29 is 13.9 Å². The lowest BCUT2D eigenvalue weighted by atomic mass is 10.2. The van der Waals surface area contributed by atoms with Crippen LogP contribution < -0.4 is 9.80 Å². The molecule has 214 valence electrons. The first-order valence-corrected chi connectivity index (χ1v) is 14.4. The van der Waals surface area contributed by atoms with Gasteiger partial charge in [-0.15, -0.1) is 5.10 Å². The summed E-state index contributed by atoms with van der Waals surface area (Å²) in [6.45, 7) is 10.1. The number of hydrogen-bond acceptors (Lipinski definition) is 8. The fourth-order valence-electron chi connectivity index (χ4n) is 4.45. The van der Waals surface area contributed by atoms with Crippen LogP contribution in [0.5, 0.6) is 0 Å². The van der Waals surface area contributed by atoms with Gasteiger partial charge >= 0.3 is 6.09 Å². The number of piperazine rings is 1. The zero-order chi connectivity index (χ0) is 27.9. The number of hydrogen-bond donors (Lipinski definition) is 0. The molecule has 9 nitrogen and oxygen atoms in total. The Kier molecular flexibility index (Phi) is 8.69. The number of carbonyl (C=O) groups excluding carboxylic acids is 1. The number of thiazole rings is 1. The van der Waals surface area contributed by atoms with Gasteiger partial charge in [-0.3, -0.25) is 0 Å². The van der Waals surface area contributed by atoms with Crippen molar-refractivity contribution in [3.05, 3.63) is 51.7 Å². The second-order valence-corrected chi connectivity index (χ2v) is 12.6. The number of carbonyl (C=O) groups is 1. The molecule has 0 unspecified atom stereocenters. The van der Waals surface area contributed by atoms with Crippen LogP contribution in [-0.4, -0.2) is 69.4 Å². The quantitative estimate of drug-likeness (QED) is 0.240. The summed E-state index contributed by atoms with van der Waals surface area (Å²) in [6.07, 6.45) is 0.441. The Morgan fingerprint density at radius 2 is 1.77 bits per heavy atom. The number of rotatable bonds is 5. The van der Waals surface area contributed by atoms with Gasteiger partial charge < -0.3 is 19.4 Å². The van der Waals surface area contributed by atoms with Crippen LogP contribution in [0.25, 0.3) is 16.9 Å². The third-order valence-electron chi connectivity index (χ3n) is 6.40. The topological polar surface area (TPSA) is 79.1 Å². The van der Waals surface area contributed by atoms with Gasteiger partial charge in [-0.25, -0.2) is 19.2 Å². The third kappa shape index (κ3) is 6.07. The summed E-state index contributed by atoms with van der Waals surface area (Å²) in [5.74, 6) is 1.37. The monoisotopic (exact) mass is 631 g/mol. The molecule has 1 amide bonds. The highest BCUT2D eigenvalue weighted by Crippen LogP contribution is 2.40. The van der Waals surface area contributed by atoms with E-state index < -0.39 is 5.60 Å². The molecule has 4 heterocycles. The molecule has 0 N–H and O–H groups in total. The van der Waals surface area contributed by atoms with Crippen LogP contribution in [0.3, 0.4) is 0 Å². The number of fused-ring (bicyclic) bond motifs is 1. The van der Waals surface area contributed by atoms with Gasteiger partial charge in [0, 0.05) is 38.8 Å². The first-order valence-electron chi connectivity index (χ1n) is 12.8. The summed E-state index contributed by atoms with van der Waals surface area (Å²) in [5.41, 5.74) is 2.73. The Balaban J connectivity index is 0.00000370. The van der Waals surface area contributed by atoms with Crippen molar-refractivity contribution in [3.8, 4) is 11.3 Å². The van der Waals surface area contributed by atoms with Gasteiger partial charge in [0.1, 0.15) is 17.2 Å². The van der Waals surface area contributed by atoms with Crippen LogP contribution in [0.2, 0.25) is 0 Å². The maximum atomic E-state index is 13.5. The number of halogens is 2. The predicted octanol–water partition coefficient (Wildman–Crippen LogP) is 6.78. The molecular formula is C28H35BrFN7O2S. The highest BCUT2D eigenvalue weighted by atomic mass is 79.9. The lowest BCUT2D eigenvalue weighted by molar-refractivity contribution is 0.0240. The number of amides is 1. The van der Waals surface area contributed by atoms with Gasteiger partial charge in [0.15, 0.2) is 16.6 Å². The minimum absolute atomic E-state index is 0. The van der Waals surface area contributed by atoms with Gasteiger partial charge in [-0.2, -0.15) is 4.52 Å². The van der Waals surface area contributed by atoms with E-state index in [1.807, 2.05) is 49.4 Å². The van der Waals surface area contributed by atoms with Gasteiger partial charge in [-0.1, -0.05) is 25.7 Å². The fraction of sp³-hybridized carbons (Fsp3) is 0.429. The lowest BCUT2D eigenvalue weighted by Crippen LogP contribution is -2.50. The van der Waals surface area contributed by atoms with Gasteiger partial charge in [0.2, 0.25) is 0 Å². The second-order valence-electron chi connectivity index (χ2n) is 10.3. The number of aryl methyl sites for hydroxylation is 1. The molecule has 1 aromatic carbocycles. The molecule has 0 radical (unpaired) electrons. The minimum Gasteiger partial charge on any atom is -0.444 e. The Labute approximate surface area is 246 Å².